The third kappa shape index (κ3) is 3.95. The minimum Gasteiger partial charge on any atom is -0.486 e. The van der Waals surface area contributed by atoms with Gasteiger partial charge >= 0.3 is 0 Å². The Kier molecular flexibility index (Phi) is 4.98. The van der Waals surface area contributed by atoms with Gasteiger partial charge in [-0.15, -0.1) is 0 Å². The third-order valence-corrected chi connectivity index (χ3v) is 4.70. The first-order valence-electron chi connectivity index (χ1n) is 8.69. The van der Waals surface area contributed by atoms with Gasteiger partial charge in [0.05, 0.1) is 12.5 Å². The van der Waals surface area contributed by atoms with E-state index in [4.69, 9.17) is 9.47 Å². The van der Waals surface area contributed by atoms with Crippen LogP contribution in [-0.4, -0.2) is 19.1 Å². The zero-order chi connectivity index (χ0) is 18.0. The Hall–Kier alpha value is -2.49. The highest BCUT2D eigenvalue weighted by Crippen LogP contribution is 2.31. The maximum Gasteiger partial charge on any atom is 0.224 e. The summed E-state index contributed by atoms with van der Waals surface area (Å²) in [4.78, 5) is 12.4. The molecule has 1 unspecified atom stereocenters. The second-order valence-corrected chi connectivity index (χ2v) is 6.74. The van der Waals surface area contributed by atoms with Crippen molar-refractivity contribution in [2.45, 2.75) is 40.2 Å². The molecule has 0 saturated heterocycles. The molecule has 0 saturated carbocycles. The van der Waals surface area contributed by atoms with Gasteiger partial charge in [-0.3, -0.25) is 4.79 Å². The SMILES string of the molecule is Cc1cc(C)c(C(C)NC(=O)Cc2ccc3c(c2)OCCO3)cc1C. The van der Waals surface area contributed by atoms with E-state index in [0.717, 1.165) is 17.1 Å². The summed E-state index contributed by atoms with van der Waals surface area (Å²) in [6.45, 7) is 9.44. The smallest absolute Gasteiger partial charge is 0.224 e. The van der Waals surface area contributed by atoms with Crippen molar-refractivity contribution in [3.8, 4) is 11.5 Å². The topological polar surface area (TPSA) is 47.6 Å². The minimum absolute atomic E-state index is 0.00167. The molecule has 0 radical (unpaired) electrons. The molecule has 1 aliphatic heterocycles. The summed E-state index contributed by atoms with van der Waals surface area (Å²) in [7, 11) is 0. The molecular weight excluding hydrogens is 314 g/mol. The number of aryl methyl sites for hydroxylation is 3. The molecular formula is C21H25NO3. The van der Waals surface area contributed by atoms with Crippen LogP contribution < -0.4 is 14.8 Å². The molecule has 0 aromatic heterocycles. The second-order valence-electron chi connectivity index (χ2n) is 6.74. The lowest BCUT2D eigenvalue weighted by Crippen LogP contribution is -2.28. The molecule has 3 rings (SSSR count). The summed E-state index contributed by atoms with van der Waals surface area (Å²) in [6, 6.07) is 9.99. The van der Waals surface area contributed by atoms with Crippen molar-refractivity contribution in [3.63, 3.8) is 0 Å². The van der Waals surface area contributed by atoms with Gasteiger partial charge in [0.2, 0.25) is 5.91 Å². The third-order valence-electron chi connectivity index (χ3n) is 4.70. The van der Waals surface area contributed by atoms with Gasteiger partial charge in [-0.1, -0.05) is 18.2 Å². The first kappa shape index (κ1) is 17.3. The maximum absolute atomic E-state index is 12.4. The molecule has 0 bridgehead atoms. The summed E-state index contributed by atoms with van der Waals surface area (Å²) < 4.78 is 11.1. The summed E-state index contributed by atoms with van der Waals surface area (Å²) in [5.41, 5.74) is 5.81. The van der Waals surface area contributed by atoms with Crippen molar-refractivity contribution in [2.75, 3.05) is 13.2 Å². The van der Waals surface area contributed by atoms with E-state index in [1.807, 2.05) is 25.1 Å². The molecule has 0 fully saturated rings. The van der Waals surface area contributed by atoms with Crippen LogP contribution in [-0.2, 0) is 11.2 Å². The molecule has 0 aliphatic carbocycles. The fraction of sp³-hybridized carbons (Fsp3) is 0.381. The zero-order valence-electron chi connectivity index (χ0n) is 15.3. The number of rotatable bonds is 4. The average Bonchev–Trinajstić information content (AvgIpc) is 2.57. The molecule has 1 amide bonds. The molecule has 4 heteroatoms. The molecule has 1 aliphatic rings. The lowest BCUT2D eigenvalue weighted by atomic mass is 9.96. The average molecular weight is 339 g/mol. The molecule has 2 aromatic rings. The van der Waals surface area contributed by atoms with Gasteiger partial charge in [-0.2, -0.15) is 0 Å². The molecule has 1 N–H and O–H groups in total. The van der Waals surface area contributed by atoms with Crippen molar-refractivity contribution in [1.82, 2.24) is 5.32 Å². The zero-order valence-corrected chi connectivity index (χ0v) is 15.3. The molecule has 4 nitrogen and oxygen atoms in total. The normalized spacial score (nSPS) is 14.1. The van der Waals surface area contributed by atoms with Gasteiger partial charge in [-0.05, 0) is 67.6 Å². The Bertz CT molecular complexity index is 798. The molecule has 1 heterocycles. The Labute approximate surface area is 149 Å². The minimum atomic E-state index is -0.0241. The molecule has 1 atom stereocenters. The summed E-state index contributed by atoms with van der Waals surface area (Å²) >= 11 is 0. The van der Waals surface area contributed by atoms with E-state index in [9.17, 15) is 4.79 Å². The fourth-order valence-corrected chi connectivity index (χ4v) is 3.20. The summed E-state index contributed by atoms with van der Waals surface area (Å²) in [5, 5.41) is 3.10. The van der Waals surface area contributed by atoms with Crippen molar-refractivity contribution >= 4 is 5.91 Å². The number of nitrogens with one attached hydrogen (secondary N) is 1. The fourth-order valence-electron chi connectivity index (χ4n) is 3.20. The van der Waals surface area contributed by atoms with E-state index in [2.05, 4.69) is 38.2 Å². The van der Waals surface area contributed by atoms with Crippen LogP contribution in [0.5, 0.6) is 11.5 Å². The Balaban J connectivity index is 1.67. The van der Waals surface area contributed by atoms with Crippen LogP contribution in [0.1, 0.15) is 40.8 Å². The Morgan fingerprint density at radius 3 is 2.44 bits per heavy atom. The van der Waals surface area contributed by atoms with Crippen LogP contribution in [0.25, 0.3) is 0 Å². The predicted molar refractivity (Wildman–Crippen MR) is 98.3 cm³/mol. The van der Waals surface area contributed by atoms with Crippen molar-refractivity contribution in [1.29, 1.82) is 0 Å². The van der Waals surface area contributed by atoms with Gasteiger partial charge in [0.15, 0.2) is 11.5 Å². The number of carbonyl (C=O) groups is 1. The van der Waals surface area contributed by atoms with E-state index in [-0.39, 0.29) is 11.9 Å². The standard InChI is InChI=1S/C21H25NO3/c1-13-9-15(3)18(10-14(13)2)16(4)22-21(23)12-17-5-6-19-20(11-17)25-8-7-24-19/h5-6,9-11,16H,7-8,12H2,1-4H3,(H,22,23). The van der Waals surface area contributed by atoms with Crippen LogP contribution in [0.3, 0.4) is 0 Å². The van der Waals surface area contributed by atoms with Gasteiger partial charge in [0.1, 0.15) is 13.2 Å². The van der Waals surface area contributed by atoms with E-state index in [1.165, 1.54) is 22.3 Å². The van der Waals surface area contributed by atoms with Gasteiger partial charge in [-0.25, -0.2) is 0 Å². The monoisotopic (exact) mass is 339 g/mol. The number of hydrogen-bond donors (Lipinski definition) is 1. The van der Waals surface area contributed by atoms with E-state index in [0.29, 0.717) is 19.6 Å². The van der Waals surface area contributed by atoms with Crippen LogP contribution in [0.15, 0.2) is 30.3 Å². The first-order chi connectivity index (χ1) is 11.9. The Morgan fingerprint density at radius 2 is 1.68 bits per heavy atom. The quantitative estimate of drug-likeness (QED) is 0.921. The first-order valence-corrected chi connectivity index (χ1v) is 8.69. The van der Waals surface area contributed by atoms with Crippen LogP contribution >= 0.6 is 0 Å². The van der Waals surface area contributed by atoms with Crippen molar-refractivity contribution in [2.24, 2.45) is 0 Å². The summed E-state index contributed by atoms with van der Waals surface area (Å²) in [5.74, 6) is 1.46. The molecule has 25 heavy (non-hydrogen) atoms. The van der Waals surface area contributed by atoms with Crippen LogP contribution in [0.4, 0.5) is 0 Å². The second kappa shape index (κ2) is 7.18. The lowest BCUT2D eigenvalue weighted by Gasteiger charge is -2.20. The van der Waals surface area contributed by atoms with E-state index >= 15 is 0 Å². The highest BCUT2D eigenvalue weighted by atomic mass is 16.6. The van der Waals surface area contributed by atoms with Crippen LogP contribution in [0, 0.1) is 20.8 Å². The van der Waals surface area contributed by atoms with Gasteiger partial charge in [0, 0.05) is 0 Å². The number of ether oxygens (including phenoxy) is 2. The van der Waals surface area contributed by atoms with E-state index < -0.39 is 0 Å². The molecule has 132 valence electrons. The number of carbonyl (C=O) groups excluding carboxylic acids is 1. The molecule has 0 spiro atoms. The number of fused-ring (bicyclic) bond motifs is 1. The van der Waals surface area contributed by atoms with Gasteiger partial charge in [0.25, 0.3) is 0 Å². The number of amides is 1. The van der Waals surface area contributed by atoms with Crippen LogP contribution in [0.2, 0.25) is 0 Å². The van der Waals surface area contributed by atoms with Gasteiger partial charge < -0.3 is 14.8 Å². The van der Waals surface area contributed by atoms with Crippen molar-refractivity contribution < 1.29 is 14.3 Å². The van der Waals surface area contributed by atoms with Crippen molar-refractivity contribution in [3.05, 3.63) is 58.1 Å². The highest BCUT2D eigenvalue weighted by molar-refractivity contribution is 5.79. The highest BCUT2D eigenvalue weighted by Gasteiger charge is 2.16. The molecule has 2 aromatic carbocycles. The predicted octanol–water partition coefficient (Wildman–Crippen LogP) is 3.80. The maximum atomic E-state index is 12.4. The lowest BCUT2D eigenvalue weighted by molar-refractivity contribution is -0.121. The Morgan fingerprint density at radius 1 is 1.00 bits per heavy atom. The summed E-state index contributed by atoms with van der Waals surface area (Å²) in [6.07, 6.45) is 0.324. The number of benzene rings is 2. The van der Waals surface area contributed by atoms with E-state index in [1.54, 1.807) is 0 Å². The largest absolute Gasteiger partial charge is 0.486 e. The number of hydrogen-bond acceptors (Lipinski definition) is 3.